The molecule has 0 radical (unpaired) electrons. The Labute approximate surface area is 156 Å². The van der Waals surface area contributed by atoms with Gasteiger partial charge < -0.3 is 4.42 Å². The molecule has 124 valence electrons. The molecule has 0 aliphatic rings. The Morgan fingerprint density at radius 1 is 0.500 bits per heavy atom. The van der Waals surface area contributed by atoms with Crippen LogP contribution in [0.4, 0.5) is 0 Å². The van der Waals surface area contributed by atoms with Crippen molar-refractivity contribution in [2.45, 2.75) is 0 Å². The van der Waals surface area contributed by atoms with Gasteiger partial charge in [0.25, 0.3) is 0 Å². The van der Waals surface area contributed by atoms with Crippen LogP contribution in [-0.4, -0.2) is 0 Å². The maximum atomic E-state index is 5.98. The molecular formula is C24H15ClO. The molecule has 4 aromatic carbocycles. The summed E-state index contributed by atoms with van der Waals surface area (Å²) in [6, 6.07) is 31.1. The molecule has 26 heavy (non-hydrogen) atoms. The lowest BCUT2D eigenvalue weighted by molar-refractivity contribution is 0.669. The smallest absolute Gasteiger partial charge is 0.135 e. The third kappa shape index (κ3) is 2.58. The maximum Gasteiger partial charge on any atom is 0.135 e. The van der Waals surface area contributed by atoms with Crippen LogP contribution in [0.15, 0.2) is 95.4 Å². The Morgan fingerprint density at radius 3 is 1.77 bits per heavy atom. The van der Waals surface area contributed by atoms with E-state index >= 15 is 0 Å². The molecule has 2 heteroatoms. The average molecular weight is 355 g/mol. The SMILES string of the molecule is Clc1ccc(-c2ccc(-c3ccc4oc5ccccc5c4c3)cc2)cc1. The molecule has 5 rings (SSSR count). The van der Waals surface area contributed by atoms with Gasteiger partial charge in [-0.15, -0.1) is 0 Å². The lowest BCUT2D eigenvalue weighted by Gasteiger charge is -2.05. The number of fused-ring (bicyclic) bond motifs is 3. The molecule has 0 saturated heterocycles. The normalized spacial score (nSPS) is 11.3. The van der Waals surface area contributed by atoms with E-state index in [0.29, 0.717) is 0 Å². The Morgan fingerprint density at radius 2 is 1.04 bits per heavy atom. The quantitative estimate of drug-likeness (QED) is 0.318. The standard InChI is InChI=1S/C24H15ClO/c25-20-12-9-17(10-13-20)16-5-7-18(8-6-16)19-11-14-24-22(15-19)21-3-1-2-4-23(21)26-24/h1-15H. The van der Waals surface area contributed by atoms with Crippen molar-refractivity contribution >= 4 is 33.5 Å². The molecule has 0 N–H and O–H groups in total. The van der Waals surface area contributed by atoms with Crippen LogP contribution in [-0.2, 0) is 0 Å². The van der Waals surface area contributed by atoms with Gasteiger partial charge in [-0.25, -0.2) is 0 Å². The highest BCUT2D eigenvalue weighted by Gasteiger charge is 2.08. The second kappa shape index (κ2) is 6.05. The Balaban J connectivity index is 1.56. The van der Waals surface area contributed by atoms with Gasteiger partial charge in [-0.05, 0) is 52.6 Å². The Hall–Kier alpha value is -3.03. The number of halogens is 1. The van der Waals surface area contributed by atoms with Crippen molar-refractivity contribution in [1.82, 2.24) is 0 Å². The lowest BCUT2D eigenvalue weighted by atomic mass is 9.99. The van der Waals surface area contributed by atoms with Crippen LogP contribution in [0.25, 0.3) is 44.2 Å². The van der Waals surface area contributed by atoms with Gasteiger partial charge in [0, 0.05) is 15.8 Å². The van der Waals surface area contributed by atoms with E-state index in [2.05, 4.69) is 48.5 Å². The zero-order valence-corrected chi connectivity index (χ0v) is 14.7. The largest absolute Gasteiger partial charge is 0.456 e. The first kappa shape index (κ1) is 15.2. The first-order chi connectivity index (χ1) is 12.8. The van der Waals surface area contributed by atoms with Crippen LogP contribution in [0.1, 0.15) is 0 Å². The van der Waals surface area contributed by atoms with E-state index in [0.717, 1.165) is 32.5 Å². The average Bonchev–Trinajstić information content (AvgIpc) is 3.07. The highest BCUT2D eigenvalue weighted by molar-refractivity contribution is 6.30. The Kier molecular flexibility index (Phi) is 3.55. The van der Waals surface area contributed by atoms with E-state index in [9.17, 15) is 0 Å². The van der Waals surface area contributed by atoms with Gasteiger partial charge >= 0.3 is 0 Å². The minimum absolute atomic E-state index is 0.756. The highest BCUT2D eigenvalue weighted by atomic mass is 35.5. The van der Waals surface area contributed by atoms with Crippen LogP contribution in [0, 0.1) is 0 Å². The minimum atomic E-state index is 0.756. The van der Waals surface area contributed by atoms with E-state index in [1.165, 1.54) is 16.7 Å². The van der Waals surface area contributed by atoms with Crippen LogP contribution in [0.2, 0.25) is 5.02 Å². The number of para-hydroxylation sites is 1. The topological polar surface area (TPSA) is 13.1 Å². The van der Waals surface area contributed by atoms with Gasteiger partial charge in [-0.3, -0.25) is 0 Å². The van der Waals surface area contributed by atoms with Gasteiger partial charge in [0.1, 0.15) is 11.2 Å². The predicted molar refractivity (Wildman–Crippen MR) is 110 cm³/mol. The van der Waals surface area contributed by atoms with E-state index in [-0.39, 0.29) is 0 Å². The molecule has 0 saturated carbocycles. The third-order valence-electron chi connectivity index (χ3n) is 4.77. The van der Waals surface area contributed by atoms with Gasteiger partial charge in [0.2, 0.25) is 0 Å². The van der Waals surface area contributed by atoms with Crippen molar-refractivity contribution in [3.05, 3.63) is 96.0 Å². The van der Waals surface area contributed by atoms with Gasteiger partial charge in [0.05, 0.1) is 0 Å². The van der Waals surface area contributed by atoms with Crippen molar-refractivity contribution in [2.75, 3.05) is 0 Å². The monoisotopic (exact) mass is 354 g/mol. The van der Waals surface area contributed by atoms with Crippen molar-refractivity contribution in [1.29, 1.82) is 0 Å². The summed E-state index contributed by atoms with van der Waals surface area (Å²) in [7, 11) is 0. The molecule has 5 aromatic rings. The first-order valence-corrected chi connectivity index (χ1v) is 8.93. The van der Waals surface area contributed by atoms with Crippen LogP contribution >= 0.6 is 11.6 Å². The number of hydrogen-bond acceptors (Lipinski definition) is 1. The second-order valence-electron chi connectivity index (χ2n) is 6.39. The minimum Gasteiger partial charge on any atom is -0.456 e. The number of rotatable bonds is 2. The molecule has 0 atom stereocenters. The molecule has 0 aliphatic carbocycles. The van der Waals surface area contributed by atoms with Crippen LogP contribution in [0.5, 0.6) is 0 Å². The van der Waals surface area contributed by atoms with E-state index in [1.54, 1.807) is 0 Å². The van der Waals surface area contributed by atoms with Crippen molar-refractivity contribution in [2.24, 2.45) is 0 Å². The zero-order chi connectivity index (χ0) is 17.5. The molecule has 0 bridgehead atoms. The molecule has 0 amide bonds. The van der Waals surface area contributed by atoms with Crippen molar-refractivity contribution in [3.8, 4) is 22.3 Å². The fourth-order valence-electron chi connectivity index (χ4n) is 3.40. The summed E-state index contributed by atoms with van der Waals surface area (Å²) >= 11 is 5.98. The predicted octanol–water partition coefficient (Wildman–Crippen LogP) is 7.57. The molecule has 1 nitrogen and oxygen atoms in total. The number of hydrogen-bond donors (Lipinski definition) is 0. The fourth-order valence-corrected chi connectivity index (χ4v) is 3.53. The van der Waals surface area contributed by atoms with Crippen molar-refractivity contribution < 1.29 is 4.42 Å². The molecular weight excluding hydrogens is 340 g/mol. The summed E-state index contributed by atoms with van der Waals surface area (Å²) in [5.41, 5.74) is 6.57. The van der Waals surface area contributed by atoms with Crippen LogP contribution in [0.3, 0.4) is 0 Å². The first-order valence-electron chi connectivity index (χ1n) is 8.56. The summed E-state index contributed by atoms with van der Waals surface area (Å²) < 4.78 is 5.92. The van der Waals surface area contributed by atoms with Crippen molar-refractivity contribution in [3.63, 3.8) is 0 Å². The van der Waals surface area contributed by atoms with Gasteiger partial charge in [0.15, 0.2) is 0 Å². The molecule has 1 heterocycles. The van der Waals surface area contributed by atoms with E-state index in [1.807, 2.05) is 42.5 Å². The summed E-state index contributed by atoms with van der Waals surface area (Å²) in [4.78, 5) is 0. The summed E-state index contributed by atoms with van der Waals surface area (Å²) in [5.74, 6) is 0. The summed E-state index contributed by atoms with van der Waals surface area (Å²) in [5, 5.41) is 3.06. The zero-order valence-electron chi connectivity index (χ0n) is 13.9. The molecule has 1 aromatic heterocycles. The molecule has 0 fully saturated rings. The Bertz CT molecular complexity index is 1220. The molecule has 0 aliphatic heterocycles. The number of furan rings is 1. The third-order valence-corrected chi connectivity index (χ3v) is 5.02. The maximum absolute atomic E-state index is 5.98. The molecule has 0 spiro atoms. The summed E-state index contributed by atoms with van der Waals surface area (Å²) in [6.07, 6.45) is 0. The van der Waals surface area contributed by atoms with Gasteiger partial charge in [-0.2, -0.15) is 0 Å². The van der Waals surface area contributed by atoms with Crippen LogP contribution < -0.4 is 0 Å². The van der Waals surface area contributed by atoms with Gasteiger partial charge in [-0.1, -0.05) is 72.3 Å². The number of benzene rings is 4. The lowest BCUT2D eigenvalue weighted by Crippen LogP contribution is -1.80. The fraction of sp³-hybridized carbons (Fsp3) is 0. The van der Waals surface area contributed by atoms with E-state index < -0.39 is 0 Å². The highest BCUT2D eigenvalue weighted by Crippen LogP contribution is 2.33. The van der Waals surface area contributed by atoms with E-state index in [4.69, 9.17) is 16.0 Å². The summed E-state index contributed by atoms with van der Waals surface area (Å²) in [6.45, 7) is 0. The second-order valence-corrected chi connectivity index (χ2v) is 6.83. The molecule has 0 unspecified atom stereocenters.